The number of carboxylic acid groups (broad SMARTS) is 1. The third kappa shape index (κ3) is 3.93. The molecule has 2 heterocycles. The van der Waals surface area contributed by atoms with Gasteiger partial charge in [0.15, 0.2) is 0 Å². The number of rotatable bonds is 3. The van der Waals surface area contributed by atoms with Crippen LogP contribution in [0.1, 0.15) is 44.1 Å². The number of hydrogen-bond donors (Lipinski definition) is 2. The summed E-state index contributed by atoms with van der Waals surface area (Å²) in [6.07, 6.45) is 5.45. The first-order valence-electron chi connectivity index (χ1n) is 10.3. The van der Waals surface area contributed by atoms with Crippen LogP contribution in [0.2, 0.25) is 0 Å². The molecule has 0 spiro atoms. The lowest BCUT2D eigenvalue weighted by molar-refractivity contribution is -0.142. The fraction of sp³-hybridized carbons (Fsp3) is 0.619. The van der Waals surface area contributed by atoms with Crippen molar-refractivity contribution in [1.82, 2.24) is 10.2 Å². The number of anilines is 1. The molecule has 2 fully saturated rings. The van der Waals surface area contributed by atoms with E-state index >= 15 is 0 Å². The average Bonchev–Trinajstić information content (AvgIpc) is 3.11. The van der Waals surface area contributed by atoms with Gasteiger partial charge in [0, 0.05) is 37.4 Å². The minimum atomic E-state index is -0.724. The fourth-order valence-corrected chi connectivity index (χ4v) is 4.91. The van der Waals surface area contributed by atoms with Crippen molar-refractivity contribution in [1.29, 1.82) is 0 Å². The van der Waals surface area contributed by atoms with Crippen LogP contribution in [-0.4, -0.2) is 53.7 Å². The Morgan fingerprint density at radius 2 is 1.75 bits per heavy atom. The molecule has 0 unspecified atom stereocenters. The highest BCUT2D eigenvalue weighted by molar-refractivity contribution is 5.75. The molecule has 2 amide bonds. The zero-order chi connectivity index (χ0) is 19.7. The maximum atomic E-state index is 13.4. The molecule has 28 heavy (non-hydrogen) atoms. The van der Waals surface area contributed by atoms with E-state index in [1.807, 2.05) is 11.0 Å². The molecule has 2 aliphatic heterocycles. The summed E-state index contributed by atoms with van der Waals surface area (Å²) in [6, 6.07) is 5.49. The minimum absolute atomic E-state index is 0.0267. The van der Waals surface area contributed by atoms with Gasteiger partial charge >= 0.3 is 12.0 Å². The third-order valence-electron chi connectivity index (χ3n) is 6.57. The Balaban J connectivity index is 1.26. The molecule has 1 saturated heterocycles. The summed E-state index contributed by atoms with van der Waals surface area (Å²) in [6.45, 7) is 2.35. The van der Waals surface area contributed by atoms with Crippen molar-refractivity contribution < 1.29 is 19.1 Å². The molecule has 0 radical (unpaired) electrons. The molecule has 1 saturated carbocycles. The minimum Gasteiger partial charge on any atom is -0.481 e. The van der Waals surface area contributed by atoms with Gasteiger partial charge in [0.25, 0.3) is 0 Å². The number of hydrogen-bond acceptors (Lipinski definition) is 3. The number of halogens is 1. The Kier molecular flexibility index (Phi) is 5.42. The number of likely N-dealkylation sites (tertiary alicyclic amines) is 1. The summed E-state index contributed by atoms with van der Waals surface area (Å²) >= 11 is 0. The first kappa shape index (κ1) is 19.0. The molecule has 7 heteroatoms. The summed E-state index contributed by atoms with van der Waals surface area (Å²) in [5.41, 5.74) is 2.22. The first-order chi connectivity index (χ1) is 13.5. The number of carboxylic acids is 1. The van der Waals surface area contributed by atoms with E-state index in [2.05, 4.69) is 10.2 Å². The molecule has 4 rings (SSSR count). The maximum Gasteiger partial charge on any atom is 0.317 e. The van der Waals surface area contributed by atoms with Crippen molar-refractivity contribution in [2.24, 2.45) is 5.92 Å². The number of fused-ring (bicyclic) bond motifs is 1. The molecule has 152 valence electrons. The number of piperidine rings is 1. The van der Waals surface area contributed by atoms with Crippen LogP contribution >= 0.6 is 0 Å². The standard InChI is InChI=1S/C21H28FN3O3/c22-16-3-6-19-15(13-16)7-12-25(19)18-8-10-24(11-9-18)21(28)23-17-4-1-14(2-5-17)20(26)27/h3,6,13-14,17-18H,1-2,4-5,7-12H2,(H,23,28)(H,26,27). The Morgan fingerprint density at radius 1 is 1.04 bits per heavy atom. The molecule has 1 aromatic carbocycles. The van der Waals surface area contributed by atoms with E-state index in [0.717, 1.165) is 49.9 Å². The molecule has 6 nitrogen and oxygen atoms in total. The van der Waals surface area contributed by atoms with E-state index in [-0.39, 0.29) is 23.8 Å². The lowest BCUT2D eigenvalue weighted by Gasteiger charge is -2.39. The number of benzene rings is 1. The molecule has 0 bridgehead atoms. The normalized spacial score (nSPS) is 25.5. The van der Waals surface area contributed by atoms with E-state index < -0.39 is 5.97 Å². The summed E-state index contributed by atoms with van der Waals surface area (Å²) in [5, 5.41) is 12.2. The third-order valence-corrected chi connectivity index (χ3v) is 6.57. The van der Waals surface area contributed by atoms with Crippen LogP contribution in [0.5, 0.6) is 0 Å². The van der Waals surface area contributed by atoms with Crippen molar-refractivity contribution in [3.8, 4) is 0 Å². The van der Waals surface area contributed by atoms with Gasteiger partial charge in [-0.05, 0) is 68.7 Å². The number of carbonyl (C=O) groups excluding carboxylic acids is 1. The van der Waals surface area contributed by atoms with E-state index in [0.29, 0.717) is 32.0 Å². The van der Waals surface area contributed by atoms with Crippen molar-refractivity contribution in [3.05, 3.63) is 29.6 Å². The zero-order valence-corrected chi connectivity index (χ0v) is 16.1. The predicted octanol–water partition coefficient (Wildman–Crippen LogP) is 3.01. The van der Waals surface area contributed by atoms with Gasteiger partial charge in [0.05, 0.1) is 5.92 Å². The van der Waals surface area contributed by atoms with Gasteiger partial charge in [0.1, 0.15) is 5.82 Å². The Hall–Kier alpha value is -2.31. The van der Waals surface area contributed by atoms with Crippen LogP contribution in [-0.2, 0) is 11.2 Å². The molecular formula is C21H28FN3O3. The fourth-order valence-electron chi connectivity index (χ4n) is 4.91. The predicted molar refractivity (Wildman–Crippen MR) is 104 cm³/mol. The summed E-state index contributed by atoms with van der Waals surface area (Å²) in [7, 11) is 0. The van der Waals surface area contributed by atoms with E-state index in [1.165, 1.54) is 6.07 Å². The van der Waals surface area contributed by atoms with Crippen molar-refractivity contribution in [3.63, 3.8) is 0 Å². The van der Waals surface area contributed by atoms with E-state index in [4.69, 9.17) is 5.11 Å². The van der Waals surface area contributed by atoms with Gasteiger partial charge in [-0.15, -0.1) is 0 Å². The molecule has 1 aliphatic carbocycles. The molecule has 3 aliphatic rings. The topological polar surface area (TPSA) is 72.9 Å². The first-order valence-corrected chi connectivity index (χ1v) is 10.3. The summed E-state index contributed by atoms with van der Waals surface area (Å²) in [5.74, 6) is -1.16. The zero-order valence-electron chi connectivity index (χ0n) is 16.1. The Bertz CT molecular complexity index is 740. The summed E-state index contributed by atoms with van der Waals surface area (Å²) in [4.78, 5) is 27.9. The largest absolute Gasteiger partial charge is 0.481 e. The van der Waals surface area contributed by atoms with Gasteiger partial charge in [-0.1, -0.05) is 0 Å². The molecule has 2 N–H and O–H groups in total. The molecule has 0 aromatic heterocycles. The lowest BCUT2D eigenvalue weighted by Crippen LogP contribution is -2.51. The van der Waals surface area contributed by atoms with Crippen LogP contribution in [0.3, 0.4) is 0 Å². The van der Waals surface area contributed by atoms with Gasteiger partial charge < -0.3 is 20.2 Å². The highest BCUT2D eigenvalue weighted by Gasteiger charge is 2.32. The number of aliphatic carboxylic acids is 1. The lowest BCUT2D eigenvalue weighted by atomic mass is 9.86. The highest BCUT2D eigenvalue weighted by Crippen LogP contribution is 2.33. The Morgan fingerprint density at radius 3 is 2.43 bits per heavy atom. The highest BCUT2D eigenvalue weighted by atomic mass is 19.1. The quantitative estimate of drug-likeness (QED) is 0.834. The summed E-state index contributed by atoms with van der Waals surface area (Å²) < 4.78 is 13.4. The van der Waals surface area contributed by atoms with Crippen LogP contribution in [0.25, 0.3) is 0 Å². The van der Waals surface area contributed by atoms with Crippen molar-refractivity contribution >= 4 is 17.7 Å². The van der Waals surface area contributed by atoms with Gasteiger partial charge in [-0.25, -0.2) is 9.18 Å². The SMILES string of the molecule is O=C(O)C1CCC(NC(=O)N2CCC(N3CCc4cc(F)ccc43)CC2)CC1. The van der Waals surface area contributed by atoms with E-state index in [9.17, 15) is 14.0 Å². The maximum absolute atomic E-state index is 13.4. The number of nitrogens with zero attached hydrogens (tertiary/aromatic N) is 2. The average molecular weight is 389 g/mol. The molecule has 0 atom stereocenters. The number of amides is 2. The second-order valence-corrected chi connectivity index (χ2v) is 8.27. The van der Waals surface area contributed by atoms with E-state index in [1.54, 1.807) is 6.07 Å². The van der Waals surface area contributed by atoms with Gasteiger partial charge in [-0.3, -0.25) is 4.79 Å². The van der Waals surface area contributed by atoms with Crippen LogP contribution in [0.4, 0.5) is 14.9 Å². The van der Waals surface area contributed by atoms with Gasteiger partial charge in [0.2, 0.25) is 0 Å². The van der Waals surface area contributed by atoms with Crippen molar-refractivity contribution in [2.45, 2.75) is 57.0 Å². The van der Waals surface area contributed by atoms with Gasteiger partial charge in [-0.2, -0.15) is 0 Å². The second-order valence-electron chi connectivity index (χ2n) is 8.27. The van der Waals surface area contributed by atoms with Crippen LogP contribution < -0.4 is 10.2 Å². The second kappa shape index (κ2) is 7.97. The van der Waals surface area contributed by atoms with Crippen molar-refractivity contribution in [2.75, 3.05) is 24.5 Å². The molecule has 1 aromatic rings. The molecular weight excluding hydrogens is 361 g/mol. The smallest absolute Gasteiger partial charge is 0.317 e. The monoisotopic (exact) mass is 389 g/mol. The Labute approximate surface area is 164 Å². The number of carbonyl (C=O) groups is 2. The van der Waals surface area contributed by atoms with Crippen LogP contribution in [0, 0.1) is 11.7 Å². The van der Waals surface area contributed by atoms with Crippen LogP contribution in [0.15, 0.2) is 18.2 Å². The number of urea groups is 1. The number of nitrogens with one attached hydrogen (secondary N) is 1.